The molecule has 0 aliphatic heterocycles. The van der Waals surface area contributed by atoms with E-state index < -0.39 is 0 Å². The van der Waals surface area contributed by atoms with Crippen LogP contribution < -0.4 is 0 Å². The zero-order valence-electron chi connectivity index (χ0n) is 14.4. The van der Waals surface area contributed by atoms with Gasteiger partial charge in [0.05, 0.1) is 21.5 Å². The van der Waals surface area contributed by atoms with E-state index in [1.54, 1.807) is 0 Å². The summed E-state index contributed by atoms with van der Waals surface area (Å²) in [6.45, 7) is 18.9. The standard InChI is InChI=1S/C11H31B7/c1-9(2)12-15-18(16-13-10(3,4)5)17-14-11(6,7)8/h9,12-17H,1-8H3. The van der Waals surface area contributed by atoms with Crippen LogP contribution in [0.5, 0.6) is 0 Å². The Morgan fingerprint density at radius 2 is 1.11 bits per heavy atom. The van der Waals surface area contributed by atoms with Gasteiger partial charge in [-0.15, -0.1) is 0 Å². The lowest BCUT2D eigenvalue weighted by Gasteiger charge is -2.22. The molecule has 0 saturated carbocycles. The highest BCUT2D eigenvalue weighted by Gasteiger charge is 2.24. The van der Waals surface area contributed by atoms with Crippen molar-refractivity contribution in [1.82, 2.24) is 0 Å². The Bertz CT molecular complexity index is 198. The molecule has 0 bridgehead atoms. The molecule has 0 heterocycles. The number of hydrogen-bond acceptors (Lipinski definition) is 0. The summed E-state index contributed by atoms with van der Waals surface area (Å²) in [6, 6.07) is 0. The molecule has 7 heteroatoms. The van der Waals surface area contributed by atoms with Crippen molar-refractivity contribution in [3.8, 4) is 0 Å². The lowest BCUT2D eigenvalue weighted by atomic mass is 8.75. The van der Waals surface area contributed by atoms with Gasteiger partial charge in [-0.25, -0.2) is 0 Å². The molecular weight excluding hydrogens is 208 g/mol. The second-order valence-electron chi connectivity index (χ2n) is 9.04. The molecule has 0 spiro atoms. The molecule has 0 atom stereocenters. The zero-order valence-corrected chi connectivity index (χ0v) is 14.4. The van der Waals surface area contributed by atoms with Crippen LogP contribution in [0.4, 0.5) is 0 Å². The summed E-state index contributed by atoms with van der Waals surface area (Å²) in [6.07, 6.45) is 0.950. The SMILES string of the molecule is CC(C)BBB(BBC(C)(C)C)BBC(C)(C)C. The van der Waals surface area contributed by atoms with Crippen molar-refractivity contribution in [1.29, 1.82) is 0 Å². The van der Waals surface area contributed by atoms with Crippen LogP contribution in [0.2, 0.25) is 16.4 Å². The highest BCUT2D eigenvalue weighted by molar-refractivity contribution is 7.79. The second-order valence-corrected chi connectivity index (χ2v) is 9.04. The molecule has 0 aromatic carbocycles. The van der Waals surface area contributed by atoms with E-state index in [9.17, 15) is 0 Å². The summed E-state index contributed by atoms with van der Waals surface area (Å²) in [5.74, 6) is 0.858. The molecule has 0 N–H and O–H groups in total. The van der Waals surface area contributed by atoms with Crippen molar-refractivity contribution in [2.24, 2.45) is 0 Å². The Morgan fingerprint density at radius 3 is 1.39 bits per heavy atom. The Morgan fingerprint density at radius 1 is 0.722 bits per heavy atom. The summed E-state index contributed by atoms with van der Waals surface area (Å²) in [7, 11) is 8.43. The number of hydrogen-bond donors (Lipinski definition) is 0. The van der Waals surface area contributed by atoms with Crippen molar-refractivity contribution >= 4 is 49.1 Å². The first-order valence-electron chi connectivity index (χ1n) is 7.99. The van der Waals surface area contributed by atoms with Gasteiger partial charge in [-0.3, -0.25) is 0 Å². The Hall–Kier alpha value is 0.455. The van der Waals surface area contributed by atoms with E-state index in [4.69, 9.17) is 0 Å². The lowest BCUT2D eigenvalue weighted by molar-refractivity contribution is 0.762. The minimum Gasteiger partial charge on any atom is -0.0796 e. The van der Waals surface area contributed by atoms with Gasteiger partial charge in [-0.2, -0.15) is 0 Å². The predicted octanol–water partition coefficient (Wildman–Crippen LogP) is 0.600. The van der Waals surface area contributed by atoms with Crippen LogP contribution in [0.25, 0.3) is 0 Å². The van der Waals surface area contributed by atoms with Gasteiger partial charge < -0.3 is 0 Å². The summed E-state index contributed by atoms with van der Waals surface area (Å²) in [5.41, 5.74) is 0. The fraction of sp³-hybridized carbons (Fsp3) is 1.00. The van der Waals surface area contributed by atoms with Crippen molar-refractivity contribution in [3.63, 3.8) is 0 Å². The smallest absolute Gasteiger partial charge is 0.0796 e. The second kappa shape index (κ2) is 7.90. The first kappa shape index (κ1) is 18.5. The molecule has 0 aromatic heterocycles. The van der Waals surface area contributed by atoms with Crippen LogP contribution in [0.15, 0.2) is 0 Å². The normalized spacial score (nSPS) is 11.8. The molecule has 0 saturated heterocycles. The van der Waals surface area contributed by atoms with Crippen LogP contribution in [0.3, 0.4) is 0 Å². The van der Waals surface area contributed by atoms with Gasteiger partial charge in [0.2, 0.25) is 0 Å². The molecular formula is C11H31B7. The molecule has 0 nitrogen and oxygen atoms in total. The van der Waals surface area contributed by atoms with E-state index in [0.29, 0.717) is 10.6 Å². The summed E-state index contributed by atoms with van der Waals surface area (Å²) in [4.78, 5) is 0. The van der Waals surface area contributed by atoms with Crippen molar-refractivity contribution in [3.05, 3.63) is 0 Å². The molecule has 18 heavy (non-hydrogen) atoms. The minimum absolute atomic E-state index is 0.498. The third-order valence-electron chi connectivity index (χ3n) is 3.76. The molecule has 0 amide bonds. The quantitative estimate of drug-likeness (QED) is 0.571. The molecule has 0 rings (SSSR count). The molecule has 0 aliphatic carbocycles. The van der Waals surface area contributed by atoms with E-state index >= 15 is 0 Å². The minimum atomic E-state index is 0.498. The van der Waals surface area contributed by atoms with Crippen LogP contribution in [-0.2, 0) is 0 Å². The molecule has 0 unspecified atom stereocenters. The maximum atomic E-state index is 2.37. The molecule has 0 radical (unpaired) electrons. The third kappa shape index (κ3) is 12.9. The van der Waals surface area contributed by atoms with Gasteiger partial charge in [-0.05, 0) is 0 Å². The Balaban J connectivity index is 4.16. The summed E-state index contributed by atoms with van der Waals surface area (Å²) < 4.78 is 0. The lowest BCUT2D eigenvalue weighted by Crippen LogP contribution is -2.48. The Labute approximate surface area is 121 Å². The Kier molecular flexibility index (Phi) is 8.10. The van der Waals surface area contributed by atoms with E-state index in [2.05, 4.69) is 55.4 Å². The maximum Gasteiger partial charge on any atom is 0.0840 e. The maximum absolute atomic E-state index is 2.37. The third-order valence-corrected chi connectivity index (χ3v) is 3.76. The van der Waals surface area contributed by atoms with Crippen LogP contribution in [-0.4, -0.2) is 49.1 Å². The van der Waals surface area contributed by atoms with E-state index in [1.165, 1.54) is 42.7 Å². The van der Waals surface area contributed by atoms with Gasteiger partial charge >= 0.3 is 0 Å². The highest BCUT2D eigenvalue weighted by Crippen LogP contribution is 2.20. The first-order chi connectivity index (χ1) is 7.99. The van der Waals surface area contributed by atoms with E-state index in [1.807, 2.05) is 0 Å². The van der Waals surface area contributed by atoms with Crippen LogP contribution >= 0.6 is 0 Å². The van der Waals surface area contributed by atoms with Gasteiger partial charge in [0.1, 0.15) is 0 Å². The molecule has 0 fully saturated rings. The van der Waals surface area contributed by atoms with Crippen LogP contribution in [0, 0.1) is 0 Å². The first-order valence-corrected chi connectivity index (χ1v) is 7.99. The van der Waals surface area contributed by atoms with Gasteiger partial charge in [0, 0.05) is 27.6 Å². The van der Waals surface area contributed by atoms with E-state index in [0.717, 1.165) is 12.2 Å². The summed E-state index contributed by atoms with van der Waals surface area (Å²) >= 11 is 0. The monoisotopic (exact) mass is 240 g/mol. The van der Waals surface area contributed by atoms with Gasteiger partial charge in [-0.1, -0.05) is 71.8 Å². The average Bonchev–Trinajstić information content (AvgIpc) is 2.13. The summed E-state index contributed by atoms with van der Waals surface area (Å²) in [5, 5.41) is 0.996. The van der Waals surface area contributed by atoms with Gasteiger partial charge in [0.25, 0.3) is 0 Å². The topological polar surface area (TPSA) is 0 Å². The highest BCUT2D eigenvalue weighted by atomic mass is 13.9. The predicted molar refractivity (Wildman–Crippen MR) is 103 cm³/mol. The molecule has 96 valence electrons. The number of rotatable bonds is 7. The van der Waals surface area contributed by atoms with E-state index in [-0.39, 0.29) is 0 Å². The molecule has 0 aromatic rings. The fourth-order valence-electron chi connectivity index (χ4n) is 2.28. The van der Waals surface area contributed by atoms with Gasteiger partial charge in [0.15, 0.2) is 0 Å². The average molecular weight is 239 g/mol. The fourth-order valence-corrected chi connectivity index (χ4v) is 2.28. The van der Waals surface area contributed by atoms with Crippen molar-refractivity contribution in [2.75, 3.05) is 0 Å². The van der Waals surface area contributed by atoms with Crippen molar-refractivity contribution < 1.29 is 0 Å². The largest absolute Gasteiger partial charge is 0.0840 e. The molecule has 0 aliphatic rings. The zero-order chi connectivity index (χ0) is 14.4. The van der Waals surface area contributed by atoms with Crippen molar-refractivity contribution in [2.45, 2.75) is 71.8 Å². The van der Waals surface area contributed by atoms with Crippen LogP contribution in [0.1, 0.15) is 55.4 Å².